The Kier molecular flexibility index (Phi) is 5.81. The molecule has 2 heterocycles. The number of aromatic amines is 2. The SMILES string of the molecule is O=C(NCC[S@](=O)c1c(-c2ccc(F)cc2)[nH]c2ccccc12)C(=O)c1c[nH]c2ccccc12. The molecule has 3 N–H and O–H groups in total. The van der Waals surface area contributed by atoms with Crippen LogP contribution in [0.3, 0.4) is 0 Å². The molecule has 0 bridgehead atoms. The van der Waals surface area contributed by atoms with E-state index in [9.17, 15) is 18.2 Å². The number of H-pyrrole nitrogens is 2. The quantitative estimate of drug-likeness (QED) is 0.239. The Bertz CT molecular complexity index is 1550. The third kappa shape index (κ3) is 4.04. The molecular formula is C26H20FN3O3S. The van der Waals surface area contributed by atoms with Gasteiger partial charge in [-0.05, 0) is 42.0 Å². The Hall–Kier alpha value is -4.04. The lowest BCUT2D eigenvalue weighted by Gasteiger charge is -2.07. The zero-order valence-corrected chi connectivity index (χ0v) is 18.7. The Labute approximate surface area is 196 Å². The van der Waals surface area contributed by atoms with E-state index in [1.807, 2.05) is 36.4 Å². The molecule has 0 aliphatic carbocycles. The topological polar surface area (TPSA) is 94.8 Å². The number of hydrogen-bond donors (Lipinski definition) is 3. The second-order valence-corrected chi connectivity index (χ2v) is 9.27. The van der Waals surface area contributed by atoms with Crippen molar-refractivity contribution in [1.29, 1.82) is 0 Å². The molecule has 6 nitrogen and oxygen atoms in total. The summed E-state index contributed by atoms with van der Waals surface area (Å²) in [5.74, 6) is -1.64. The molecule has 5 aromatic rings. The molecule has 0 aliphatic rings. The molecule has 34 heavy (non-hydrogen) atoms. The molecular weight excluding hydrogens is 453 g/mol. The van der Waals surface area contributed by atoms with Gasteiger partial charge in [0, 0.05) is 40.3 Å². The van der Waals surface area contributed by atoms with E-state index in [-0.39, 0.29) is 18.1 Å². The Morgan fingerprint density at radius 2 is 1.56 bits per heavy atom. The molecule has 0 saturated carbocycles. The maximum absolute atomic E-state index is 13.4. The van der Waals surface area contributed by atoms with Crippen LogP contribution in [0.1, 0.15) is 10.4 Å². The summed E-state index contributed by atoms with van der Waals surface area (Å²) in [5, 5.41) is 4.06. The fourth-order valence-corrected chi connectivity index (χ4v) is 5.31. The van der Waals surface area contributed by atoms with Gasteiger partial charge in [0.2, 0.25) is 0 Å². The van der Waals surface area contributed by atoms with Crippen LogP contribution in [-0.2, 0) is 15.6 Å². The van der Waals surface area contributed by atoms with Gasteiger partial charge in [0.15, 0.2) is 0 Å². The summed E-state index contributed by atoms with van der Waals surface area (Å²) in [6.07, 6.45) is 1.52. The van der Waals surface area contributed by atoms with Gasteiger partial charge < -0.3 is 15.3 Å². The number of nitrogens with one attached hydrogen (secondary N) is 3. The van der Waals surface area contributed by atoms with Crippen LogP contribution in [0, 0.1) is 5.82 Å². The lowest BCUT2D eigenvalue weighted by atomic mass is 10.1. The van der Waals surface area contributed by atoms with Crippen LogP contribution in [-0.4, -0.2) is 38.2 Å². The standard InChI is InChI=1S/C26H20FN3O3S/c27-17-11-9-16(10-12-17)23-25(19-6-2-4-8-22(19)30-23)34(33)14-13-28-26(32)24(31)20-15-29-21-7-3-1-5-18(20)21/h1-12,15,29-30H,13-14H2,(H,28,32)/t34-/m0/s1. The molecule has 1 amide bonds. The van der Waals surface area contributed by atoms with Crippen molar-refractivity contribution in [2.45, 2.75) is 4.90 Å². The first-order valence-electron chi connectivity index (χ1n) is 10.7. The lowest BCUT2D eigenvalue weighted by Crippen LogP contribution is -2.33. The number of aromatic nitrogens is 2. The number of Topliss-reactive ketones (excluding diaryl/α,β-unsaturated/α-hetero) is 1. The van der Waals surface area contributed by atoms with Crippen molar-refractivity contribution >= 4 is 44.3 Å². The van der Waals surface area contributed by atoms with Gasteiger partial charge in [0.1, 0.15) is 5.82 Å². The maximum atomic E-state index is 13.4. The summed E-state index contributed by atoms with van der Waals surface area (Å²) >= 11 is 0. The molecule has 5 rings (SSSR count). The Balaban J connectivity index is 1.33. The predicted octanol–water partition coefficient (Wildman–Crippen LogP) is 4.56. The number of fused-ring (bicyclic) bond motifs is 2. The predicted molar refractivity (Wildman–Crippen MR) is 131 cm³/mol. The summed E-state index contributed by atoms with van der Waals surface area (Å²) < 4.78 is 26.7. The fourth-order valence-electron chi connectivity index (χ4n) is 3.99. The van der Waals surface area contributed by atoms with Crippen molar-refractivity contribution in [3.63, 3.8) is 0 Å². The smallest absolute Gasteiger partial charge is 0.292 e. The van der Waals surface area contributed by atoms with Crippen molar-refractivity contribution < 1.29 is 18.2 Å². The first-order chi connectivity index (χ1) is 16.5. The van der Waals surface area contributed by atoms with Crippen LogP contribution < -0.4 is 5.32 Å². The second kappa shape index (κ2) is 9.07. The molecule has 0 spiro atoms. The van der Waals surface area contributed by atoms with E-state index in [2.05, 4.69) is 15.3 Å². The highest BCUT2D eigenvalue weighted by atomic mass is 32.2. The largest absolute Gasteiger partial charge is 0.360 e. The van der Waals surface area contributed by atoms with Crippen LogP contribution >= 0.6 is 0 Å². The molecule has 0 radical (unpaired) electrons. The summed E-state index contributed by atoms with van der Waals surface area (Å²) in [6, 6.07) is 20.7. The molecule has 0 unspecified atom stereocenters. The van der Waals surface area contributed by atoms with Crippen molar-refractivity contribution in [3.05, 3.63) is 90.4 Å². The van der Waals surface area contributed by atoms with Crippen molar-refractivity contribution in [2.75, 3.05) is 12.3 Å². The minimum atomic E-state index is -1.49. The number of rotatable bonds is 7. The van der Waals surface area contributed by atoms with Gasteiger partial charge in [-0.2, -0.15) is 0 Å². The van der Waals surface area contributed by atoms with Crippen molar-refractivity contribution in [1.82, 2.24) is 15.3 Å². The molecule has 170 valence electrons. The number of ketones is 1. The van der Waals surface area contributed by atoms with Crippen molar-refractivity contribution in [2.24, 2.45) is 0 Å². The van der Waals surface area contributed by atoms with Gasteiger partial charge in [-0.3, -0.25) is 13.8 Å². The number of carbonyl (C=O) groups excluding carboxylic acids is 2. The molecule has 0 fully saturated rings. The fraction of sp³-hybridized carbons (Fsp3) is 0.0769. The zero-order chi connectivity index (χ0) is 23.7. The lowest BCUT2D eigenvalue weighted by molar-refractivity contribution is -0.116. The molecule has 1 atom stereocenters. The third-order valence-corrected chi connectivity index (χ3v) is 7.09. The van der Waals surface area contributed by atoms with E-state index in [4.69, 9.17) is 0 Å². The Morgan fingerprint density at radius 3 is 2.32 bits per heavy atom. The number of carbonyl (C=O) groups is 2. The van der Waals surface area contributed by atoms with Crippen LogP contribution in [0.15, 0.2) is 83.9 Å². The first kappa shape index (κ1) is 21.8. The molecule has 2 aromatic heterocycles. The van der Waals surface area contributed by atoms with Gasteiger partial charge in [-0.25, -0.2) is 4.39 Å². The zero-order valence-electron chi connectivity index (χ0n) is 17.9. The number of halogens is 1. The number of hydrogen-bond acceptors (Lipinski definition) is 3. The maximum Gasteiger partial charge on any atom is 0.292 e. The number of para-hydroxylation sites is 2. The van der Waals surface area contributed by atoms with Gasteiger partial charge in [-0.15, -0.1) is 0 Å². The molecule has 8 heteroatoms. The Morgan fingerprint density at radius 1 is 0.882 bits per heavy atom. The third-order valence-electron chi connectivity index (χ3n) is 5.63. The van der Waals surface area contributed by atoms with Gasteiger partial charge in [-0.1, -0.05) is 36.4 Å². The monoisotopic (exact) mass is 473 g/mol. The van der Waals surface area contributed by atoms with E-state index in [0.29, 0.717) is 27.1 Å². The summed E-state index contributed by atoms with van der Waals surface area (Å²) in [6.45, 7) is 0.0574. The van der Waals surface area contributed by atoms with Crippen LogP contribution in [0.4, 0.5) is 4.39 Å². The van der Waals surface area contributed by atoms with Gasteiger partial charge in [0.05, 0.1) is 27.0 Å². The summed E-state index contributed by atoms with van der Waals surface area (Å²) in [4.78, 5) is 31.9. The first-order valence-corrected chi connectivity index (χ1v) is 12.0. The normalized spacial score (nSPS) is 12.1. The average molecular weight is 474 g/mol. The highest BCUT2D eigenvalue weighted by Crippen LogP contribution is 2.33. The highest BCUT2D eigenvalue weighted by Gasteiger charge is 2.21. The molecule has 0 saturated heterocycles. The van der Waals surface area contributed by atoms with E-state index in [1.54, 1.807) is 24.3 Å². The van der Waals surface area contributed by atoms with Gasteiger partial charge >= 0.3 is 0 Å². The summed E-state index contributed by atoms with van der Waals surface area (Å²) in [5.41, 5.74) is 3.22. The van der Waals surface area contributed by atoms with Gasteiger partial charge in [0.25, 0.3) is 11.7 Å². The summed E-state index contributed by atoms with van der Waals surface area (Å²) in [7, 11) is -1.49. The van der Waals surface area contributed by atoms with E-state index in [0.717, 1.165) is 16.4 Å². The van der Waals surface area contributed by atoms with Crippen LogP contribution in [0.5, 0.6) is 0 Å². The van der Waals surface area contributed by atoms with E-state index < -0.39 is 22.5 Å². The molecule has 0 aliphatic heterocycles. The van der Waals surface area contributed by atoms with E-state index >= 15 is 0 Å². The van der Waals surface area contributed by atoms with E-state index in [1.165, 1.54) is 18.3 Å². The average Bonchev–Trinajstić information content (AvgIpc) is 3.46. The second-order valence-electron chi connectivity index (χ2n) is 7.76. The number of benzene rings is 3. The minimum absolute atomic E-state index is 0.0574. The van der Waals surface area contributed by atoms with Crippen LogP contribution in [0.2, 0.25) is 0 Å². The minimum Gasteiger partial charge on any atom is -0.360 e. The highest BCUT2D eigenvalue weighted by molar-refractivity contribution is 7.85. The number of amides is 1. The molecule has 3 aromatic carbocycles. The van der Waals surface area contributed by atoms with Crippen molar-refractivity contribution in [3.8, 4) is 11.3 Å². The van der Waals surface area contributed by atoms with Crippen LogP contribution in [0.25, 0.3) is 33.1 Å².